The Morgan fingerprint density at radius 1 is 1.32 bits per heavy atom. The van der Waals surface area contributed by atoms with E-state index in [0.29, 0.717) is 24.3 Å². The van der Waals surface area contributed by atoms with Gasteiger partial charge in [0.05, 0.1) is 12.1 Å². The SMILES string of the molecule is CCCC[C@@](CO)(CCc1ccc(Br)cc1Cl)NC(=O)OC(C)(C)C. The number of hydrogen-bond donors (Lipinski definition) is 2. The van der Waals surface area contributed by atoms with E-state index in [-0.39, 0.29) is 6.61 Å². The van der Waals surface area contributed by atoms with Crippen molar-refractivity contribution in [1.82, 2.24) is 5.32 Å². The highest BCUT2D eigenvalue weighted by atomic mass is 79.9. The van der Waals surface area contributed by atoms with Crippen LogP contribution in [-0.4, -0.2) is 28.9 Å². The van der Waals surface area contributed by atoms with Crippen LogP contribution in [-0.2, 0) is 11.2 Å². The molecule has 4 nitrogen and oxygen atoms in total. The number of ether oxygens (including phenoxy) is 1. The number of benzene rings is 1. The molecular weight excluding hydrogens is 406 g/mol. The Hall–Kier alpha value is -0.780. The number of rotatable bonds is 8. The van der Waals surface area contributed by atoms with Gasteiger partial charge in [0.25, 0.3) is 0 Å². The van der Waals surface area contributed by atoms with Gasteiger partial charge in [-0.25, -0.2) is 4.79 Å². The third kappa shape index (κ3) is 7.97. The molecule has 0 aromatic heterocycles. The first-order chi connectivity index (χ1) is 11.6. The normalized spacial score (nSPS) is 14.0. The summed E-state index contributed by atoms with van der Waals surface area (Å²) in [5.41, 5.74) is -0.301. The lowest BCUT2D eigenvalue weighted by Gasteiger charge is -2.34. The number of carbonyl (C=O) groups is 1. The van der Waals surface area contributed by atoms with Crippen LogP contribution in [0.3, 0.4) is 0 Å². The van der Waals surface area contributed by atoms with Crippen LogP contribution in [0.1, 0.15) is 58.9 Å². The minimum atomic E-state index is -0.714. The highest BCUT2D eigenvalue weighted by molar-refractivity contribution is 9.10. The molecule has 0 saturated carbocycles. The molecule has 0 spiro atoms. The van der Waals surface area contributed by atoms with Crippen molar-refractivity contribution in [2.24, 2.45) is 0 Å². The minimum Gasteiger partial charge on any atom is -0.444 e. The lowest BCUT2D eigenvalue weighted by molar-refractivity contribution is 0.0371. The molecule has 1 amide bonds. The summed E-state index contributed by atoms with van der Waals surface area (Å²) < 4.78 is 6.30. The monoisotopic (exact) mass is 433 g/mol. The largest absolute Gasteiger partial charge is 0.444 e. The van der Waals surface area contributed by atoms with Gasteiger partial charge < -0.3 is 15.2 Å². The van der Waals surface area contributed by atoms with Crippen molar-refractivity contribution < 1.29 is 14.6 Å². The van der Waals surface area contributed by atoms with E-state index in [1.54, 1.807) is 0 Å². The Kier molecular flexibility index (Phi) is 8.72. The number of aryl methyl sites for hydroxylation is 1. The maximum Gasteiger partial charge on any atom is 0.408 e. The number of amides is 1. The predicted molar refractivity (Wildman–Crippen MR) is 106 cm³/mol. The smallest absolute Gasteiger partial charge is 0.408 e. The summed E-state index contributed by atoms with van der Waals surface area (Å²) in [5.74, 6) is 0. The van der Waals surface area contributed by atoms with Gasteiger partial charge in [-0.15, -0.1) is 0 Å². The van der Waals surface area contributed by atoms with Crippen molar-refractivity contribution in [3.63, 3.8) is 0 Å². The molecule has 6 heteroatoms. The van der Waals surface area contributed by atoms with E-state index in [1.165, 1.54) is 0 Å². The van der Waals surface area contributed by atoms with Crippen molar-refractivity contribution in [2.45, 2.75) is 70.9 Å². The van der Waals surface area contributed by atoms with Gasteiger partial charge >= 0.3 is 6.09 Å². The molecule has 0 heterocycles. The second kappa shape index (κ2) is 9.79. The Morgan fingerprint density at radius 3 is 2.52 bits per heavy atom. The van der Waals surface area contributed by atoms with Gasteiger partial charge in [-0.3, -0.25) is 0 Å². The zero-order valence-electron chi connectivity index (χ0n) is 15.5. The number of halogens is 2. The van der Waals surface area contributed by atoms with Gasteiger partial charge in [-0.2, -0.15) is 0 Å². The molecule has 0 unspecified atom stereocenters. The molecule has 0 saturated heterocycles. The van der Waals surface area contributed by atoms with E-state index in [1.807, 2.05) is 39.0 Å². The first-order valence-electron chi connectivity index (χ1n) is 8.67. The molecule has 0 aliphatic rings. The molecule has 0 bridgehead atoms. The molecular formula is C19H29BrClNO3. The van der Waals surface area contributed by atoms with Crippen LogP contribution < -0.4 is 5.32 Å². The average Bonchev–Trinajstić information content (AvgIpc) is 2.49. The highest BCUT2D eigenvalue weighted by Gasteiger charge is 2.32. The lowest BCUT2D eigenvalue weighted by Crippen LogP contribution is -2.53. The van der Waals surface area contributed by atoms with E-state index < -0.39 is 17.2 Å². The first kappa shape index (κ1) is 22.3. The van der Waals surface area contributed by atoms with Crippen LogP contribution in [0.2, 0.25) is 5.02 Å². The molecule has 0 aliphatic heterocycles. The second-order valence-electron chi connectivity index (χ2n) is 7.40. The van der Waals surface area contributed by atoms with Gasteiger partial charge in [-0.05, 0) is 57.7 Å². The second-order valence-corrected chi connectivity index (χ2v) is 8.73. The molecule has 1 rings (SSSR count). The third-order valence-corrected chi connectivity index (χ3v) is 4.81. The molecule has 0 aliphatic carbocycles. The summed E-state index contributed by atoms with van der Waals surface area (Å²) in [4.78, 5) is 12.2. The number of unbranched alkanes of at least 4 members (excludes halogenated alkanes) is 1. The summed E-state index contributed by atoms with van der Waals surface area (Å²) in [5, 5.41) is 13.6. The van der Waals surface area contributed by atoms with E-state index in [4.69, 9.17) is 16.3 Å². The van der Waals surface area contributed by atoms with E-state index in [9.17, 15) is 9.90 Å². The Labute approximate surface area is 164 Å². The summed E-state index contributed by atoms with van der Waals surface area (Å²) in [6, 6.07) is 5.75. The number of aliphatic hydroxyl groups is 1. The van der Waals surface area contributed by atoms with Crippen molar-refractivity contribution in [1.29, 1.82) is 0 Å². The third-order valence-electron chi connectivity index (χ3n) is 3.97. The van der Waals surface area contributed by atoms with Crippen molar-refractivity contribution in [3.05, 3.63) is 33.3 Å². The first-order valence-corrected chi connectivity index (χ1v) is 9.84. The number of alkyl carbamates (subject to hydrolysis) is 1. The average molecular weight is 435 g/mol. The van der Waals surface area contributed by atoms with Crippen LogP contribution in [0, 0.1) is 0 Å². The topological polar surface area (TPSA) is 58.6 Å². The van der Waals surface area contributed by atoms with Crippen LogP contribution >= 0.6 is 27.5 Å². The fourth-order valence-electron chi connectivity index (χ4n) is 2.58. The van der Waals surface area contributed by atoms with Crippen molar-refractivity contribution in [2.75, 3.05) is 6.61 Å². The summed E-state index contributed by atoms with van der Waals surface area (Å²) in [6.07, 6.45) is 3.32. The summed E-state index contributed by atoms with van der Waals surface area (Å²) in [6.45, 7) is 7.41. The Morgan fingerprint density at radius 2 is 2.00 bits per heavy atom. The van der Waals surface area contributed by atoms with Gasteiger partial charge in [-0.1, -0.05) is 53.4 Å². The predicted octanol–water partition coefficient (Wildman–Crippen LogP) is 5.48. The van der Waals surface area contributed by atoms with Crippen molar-refractivity contribution in [3.8, 4) is 0 Å². The number of hydrogen-bond acceptors (Lipinski definition) is 3. The number of carbonyl (C=O) groups excluding carboxylic acids is 1. The molecule has 1 atom stereocenters. The van der Waals surface area contributed by atoms with Crippen molar-refractivity contribution >= 4 is 33.6 Å². The molecule has 0 fully saturated rings. The van der Waals surface area contributed by atoms with E-state index >= 15 is 0 Å². The molecule has 0 radical (unpaired) electrons. The zero-order chi connectivity index (χ0) is 19.1. The summed E-state index contributed by atoms with van der Waals surface area (Å²) in [7, 11) is 0. The maximum absolute atomic E-state index is 12.2. The fourth-order valence-corrected chi connectivity index (χ4v) is 3.35. The van der Waals surface area contributed by atoms with Gasteiger partial charge in [0.15, 0.2) is 0 Å². The van der Waals surface area contributed by atoms with Crippen LogP contribution in [0.4, 0.5) is 4.79 Å². The Bertz CT molecular complexity index is 574. The highest BCUT2D eigenvalue weighted by Crippen LogP contribution is 2.27. The standard InChI is InChI=1S/C19H29BrClNO3/c1-5-6-10-19(13-23,22-17(24)25-18(2,3)4)11-9-14-7-8-15(20)12-16(14)21/h7-8,12,23H,5-6,9-11,13H2,1-4H3,(H,22,24)/t19-/m0/s1. The van der Waals surface area contributed by atoms with E-state index in [0.717, 1.165) is 22.9 Å². The quantitative estimate of drug-likeness (QED) is 0.569. The lowest BCUT2D eigenvalue weighted by atomic mass is 9.87. The number of nitrogens with one attached hydrogen (secondary N) is 1. The Balaban J connectivity index is 2.88. The maximum atomic E-state index is 12.2. The van der Waals surface area contributed by atoms with Crippen LogP contribution in [0.25, 0.3) is 0 Å². The molecule has 142 valence electrons. The van der Waals surface area contributed by atoms with Gasteiger partial charge in [0, 0.05) is 9.50 Å². The van der Waals surface area contributed by atoms with Gasteiger partial charge in [0.1, 0.15) is 5.60 Å². The van der Waals surface area contributed by atoms with Gasteiger partial charge in [0.2, 0.25) is 0 Å². The summed E-state index contributed by atoms with van der Waals surface area (Å²) >= 11 is 9.69. The minimum absolute atomic E-state index is 0.139. The zero-order valence-corrected chi connectivity index (χ0v) is 17.8. The number of aliphatic hydroxyl groups excluding tert-OH is 1. The fraction of sp³-hybridized carbons (Fsp3) is 0.632. The molecule has 2 N–H and O–H groups in total. The van der Waals surface area contributed by atoms with E-state index in [2.05, 4.69) is 28.2 Å². The molecule has 1 aromatic carbocycles. The van der Waals surface area contributed by atoms with Crippen LogP contribution in [0.15, 0.2) is 22.7 Å². The van der Waals surface area contributed by atoms with Crippen LogP contribution in [0.5, 0.6) is 0 Å². The molecule has 1 aromatic rings. The molecule has 25 heavy (non-hydrogen) atoms.